The predicted molar refractivity (Wildman–Crippen MR) is 143 cm³/mol. The Hall–Kier alpha value is -2.73. The first-order valence-corrected chi connectivity index (χ1v) is 14.4. The molecule has 4 rings (SSSR count). The SMILES string of the molecule is C[C@@H]1CC[C@@H](OC(=O)c2ccccc2)[C@H](O)[C@H]1O[Si](c1ccccc1)(c1ccccc1)C(C)(C)C. The van der Waals surface area contributed by atoms with Crippen molar-refractivity contribution in [2.75, 3.05) is 0 Å². The van der Waals surface area contributed by atoms with Crippen molar-refractivity contribution in [2.45, 2.75) is 63.9 Å². The molecule has 1 aliphatic carbocycles. The molecule has 0 bridgehead atoms. The topological polar surface area (TPSA) is 55.8 Å². The smallest absolute Gasteiger partial charge is 0.338 e. The third-order valence-electron chi connectivity index (χ3n) is 7.18. The molecule has 3 aromatic rings. The molecule has 1 aliphatic rings. The van der Waals surface area contributed by atoms with Crippen molar-refractivity contribution < 1.29 is 19.1 Å². The molecular weight excluding hydrogens is 452 g/mol. The van der Waals surface area contributed by atoms with Crippen LogP contribution in [0.5, 0.6) is 0 Å². The Morgan fingerprint density at radius 3 is 1.80 bits per heavy atom. The van der Waals surface area contributed by atoms with Crippen molar-refractivity contribution >= 4 is 24.7 Å². The number of aliphatic hydroxyl groups excluding tert-OH is 1. The van der Waals surface area contributed by atoms with Gasteiger partial charge in [0.05, 0.1) is 11.7 Å². The molecule has 0 heterocycles. The molecule has 3 aromatic carbocycles. The molecule has 4 atom stereocenters. The first-order chi connectivity index (χ1) is 16.7. The van der Waals surface area contributed by atoms with Crippen LogP contribution in [0.3, 0.4) is 0 Å². The maximum absolute atomic E-state index is 12.8. The predicted octanol–water partition coefficient (Wildman–Crippen LogP) is 4.95. The highest BCUT2D eigenvalue weighted by molar-refractivity contribution is 6.99. The number of benzene rings is 3. The molecule has 1 fully saturated rings. The highest BCUT2D eigenvalue weighted by atomic mass is 28.4. The first-order valence-electron chi connectivity index (χ1n) is 12.5. The van der Waals surface area contributed by atoms with Gasteiger partial charge in [0.2, 0.25) is 0 Å². The summed E-state index contributed by atoms with van der Waals surface area (Å²) < 4.78 is 13.1. The lowest BCUT2D eigenvalue weighted by Gasteiger charge is -2.49. The maximum Gasteiger partial charge on any atom is 0.338 e. The Bertz CT molecular complexity index is 1060. The summed E-state index contributed by atoms with van der Waals surface area (Å²) in [7, 11) is -2.85. The van der Waals surface area contributed by atoms with Crippen LogP contribution in [0.2, 0.25) is 5.04 Å². The van der Waals surface area contributed by atoms with Crippen molar-refractivity contribution in [2.24, 2.45) is 5.92 Å². The van der Waals surface area contributed by atoms with E-state index in [0.717, 1.165) is 6.42 Å². The number of esters is 1. The van der Waals surface area contributed by atoms with Gasteiger partial charge < -0.3 is 14.3 Å². The standard InChI is InChI=1S/C30H36O4Si/c1-22-20-21-26(33-29(32)23-14-8-5-9-15-23)27(31)28(22)34-35(30(2,3)4,24-16-10-6-11-17-24)25-18-12-7-13-19-25/h5-19,22,26-28,31H,20-21H2,1-4H3/t22-,26-,27+,28+/m1/s1. The largest absolute Gasteiger partial charge is 0.456 e. The van der Waals surface area contributed by atoms with Gasteiger partial charge in [-0.2, -0.15) is 0 Å². The van der Waals surface area contributed by atoms with E-state index in [1.807, 2.05) is 30.3 Å². The van der Waals surface area contributed by atoms with Gasteiger partial charge in [-0.15, -0.1) is 0 Å². The van der Waals surface area contributed by atoms with Gasteiger partial charge in [0.25, 0.3) is 8.32 Å². The van der Waals surface area contributed by atoms with E-state index in [0.29, 0.717) is 12.0 Å². The third-order valence-corrected chi connectivity index (χ3v) is 12.2. The van der Waals surface area contributed by atoms with Crippen LogP contribution in [-0.4, -0.2) is 37.7 Å². The number of carbonyl (C=O) groups excluding carboxylic acids is 1. The van der Waals surface area contributed by atoms with Crippen molar-refractivity contribution in [1.29, 1.82) is 0 Å². The van der Waals surface area contributed by atoms with Crippen LogP contribution in [0.15, 0.2) is 91.0 Å². The lowest BCUT2D eigenvalue weighted by atomic mass is 9.84. The van der Waals surface area contributed by atoms with Gasteiger partial charge in [-0.1, -0.05) is 107 Å². The van der Waals surface area contributed by atoms with E-state index in [-0.39, 0.29) is 11.0 Å². The number of rotatable bonds is 6. The van der Waals surface area contributed by atoms with Gasteiger partial charge >= 0.3 is 5.97 Å². The fourth-order valence-electron chi connectivity index (χ4n) is 5.30. The molecule has 0 amide bonds. The molecule has 0 radical (unpaired) electrons. The van der Waals surface area contributed by atoms with E-state index in [4.69, 9.17) is 9.16 Å². The van der Waals surface area contributed by atoms with E-state index in [2.05, 4.69) is 76.2 Å². The molecule has 0 saturated heterocycles. The zero-order chi connectivity index (χ0) is 25.1. The van der Waals surface area contributed by atoms with E-state index < -0.39 is 32.6 Å². The summed E-state index contributed by atoms with van der Waals surface area (Å²) in [5.74, 6) is -0.285. The first kappa shape index (κ1) is 25.4. The number of hydrogen-bond donors (Lipinski definition) is 1. The highest BCUT2D eigenvalue weighted by Crippen LogP contribution is 2.41. The summed E-state index contributed by atoms with van der Waals surface area (Å²) >= 11 is 0. The van der Waals surface area contributed by atoms with Crippen LogP contribution in [0, 0.1) is 5.92 Å². The van der Waals surface area contributed by atoms with E-state index >= 15 is 0 Å². The molecule has 1 N–H and O–H groups in total. The number of ether oxygens (including phenoxy) is 1. The fourth-order valence-corrected chi connectivity index (χ4v) is 10.1. The fraction of sp³-hybridized carbons (Fsp3) is 0.367. The van der Waals surface area contributed by atoms with Crippen LogP contribution >= 0.6 is 0 Å². The normalized spacial score (nSPS) is 23.0. The average molecular weight is 489 g/mol. The Kier molecular flexibility index (Phi) is 7.60. The summed E-state index contributed by atoms with van der Waals surface area (Å²) in [5, 5.41) is 13.7. The van der Waals surface area contributed by atoms with E-state index in [1.54, 1.807) is 12.1 Å². The molecule has 0 aliphatic heterocycles. The number of hydrogen-bond acceptors (Lipinski definition) is 4. The Morgan fingerprint density at radius 2 is 1.31 bits per heavy atom. The second kappa shape index (κ2) is 10.5. The van der Waals surface area contributed by atoms with Crippen LogP contribution < -0.4 is 10.4 Å². The summed E-state index contributed by atoms with van der Waals surface area (Å²) in [6.07, 6.45) is -0.549. The summed E-state index contributed by atoms with van der Waals surface area (Å²) in [5.41, 5.74) is 0.489. The second-order valence-corrected chi connectivity index (χ2v) is 14.9. The van der Waals surface area contributed by atoms with Gasteiger partial charge in [-0.3, -0.25) is 0 Å². The summed E-state index contributed by atoms with van der Waals surface area (Å²) in [6, 6.07) is 29.8. The summed E-state index contributed by atoms with van der Waals surface area (Å²) in [6.45, 7) is 8.81. The highest BCUT2D eigenvalue weighted by Gasteiger charge is 2.54. The molecule has 35 heavy (non-hydrogen) atoms. The van der Waals surface area contributed by atoms with Gasteiger partial charge in [-0.25, -0.2) is 4.79 Å². The monoisotopic (exact) mass is 488 g/mol. The van der Waals surface area contributed by atoms with Gasteiger partial charge in [0, 0.05) is 0 Å². The zero-order valence-electron chi connectivity index (χ0n) is 21.1. The zero-order valence-corrected chi connectivity index (χ0v) is 22.1. The number of carbonyl (C=O) groups is 1. The minimum absolute atomic E-state index is 0.123. The average Bonchev–Trinajstić information content (AvgIpc) is 2.87. The minimum Gasteiger partial charge on any atom is -0.456 e. The van der Waals surface area contributed by atoms with Gasteiger partial charge in [0.15, 0.2) is 0 Å². The molecule has 4 nitrogen and oxygen atoms in total. The van der Waals surface area contributed by atoms with Gasteiger partial charge in [-0.05, 0) is 46.3 Å². The quantitative estimate of drug-likeness (QED) is 0.394. The van der Waals surface area contributed by atoms with Crippen molar-refractivity contribution in [3.8, 4) is 0 Å². The molecule has 0 aromatic heterocycles. The second-order valence-electron chi connectivity index (χ2n) is 10.6. The Balaban J connectivity index is 1.71. The maximum atomic E-state index is 12.8. The van der Waals surface area contributed by atoms with Crippen molar-refractivity contribution in [1.82, 2.24) is 0 Å². The van der Waals surface area contributed by atoms with Crippen molar-refractivity contribution in [3.05, 3.63) is 96.6 Å². The Morgan fingerprint density at radius 1 is 0.829 bits per heavy atom. The summed E-state index contributed by atoms with van der Waals surface area (Å²) in [4.78, 5) is 12.8. The third kappa shape index (κ3) is 5.13. The van der Waals surface area contributed by atoms with Crippen molar-refractivity contribution in [3.63, 3.8) is 0 Å². The molecule has 184 valence electrons. The molecule has 5 heteroatoms. The van der Waals surface area contributed by atoms with E-state index in [9.17, 15) is 9.90 Å². The van der Waals surface area contributed by atoms with Crippen LogP contribution in [0.1, 0.15) is 50.9 Å². The lowest BCUT2D eigenvalue weighted by molar-refractivity contribution is -0.105. The van der Waals surface area contributed by atoms with Crippen LogP contribution in [0.25, 0.3) is 0 Å². The Labute approximate surface area is 210 Å². The molecule has 0 spiro atoms. The molecule has 0 unspecified atom stereocenters. The molecular formula is C30H36O4Si. The van der Waals surface area contributed by atoms with Gasteiger partial charge in [0.1, 0.15) is 12.2 Å². The number of aliphatic hydroxyl groups is 1. The van der Waals surface area contributed by atoms with E-state index in [1.165, 1.54) is 10.4 Å². The molecule has 1 saturated carbocycles. The lowest BCUT2D eigenvalue weighted by Crippen LogP contribution is -2.70. The van der Waals surface area contributed by atoms with Crippen LogP contribution in [0.4, 0.5) is 0 Å². The van der Waals surface area contributed by atoms with Crippen LogP contribution in [-0.2, 0) is 9.16 Å². The minimum atomic E-state index is -2.85.